The van der Waals surface area contributed by atoms with Crippen LogP contribution in [0.1, 0.15) is 18.1 Å². The summed E-state index contributed by atoms with van der Waals surface area (Å²) in [5.74, 6) is 0.223. The summed E-state index contributed by atoms with van der Waals surface area (Å²) in [6.07, 6.45) is 3.36. The Labute approximate surface area is 209 Å². The van der Waals surface area contributed by atoms with Crippen LogP contribution in [-0.4, -0.2) is 22.2 Å². The number of nitriles is 1. The molecule has 0 aliphatic carbocycles. The summed E-state index contributed by atoms with van der Waals surface area (Å²) >= 11 is 6.25. The Hall–Kier alpha value is -4.34. The lowest BCUT2D eigenvalue weighted by molar-refractivity contribution is -0.116. The van der Waals surface area contributed by atoms with E-state index in [2.05, 4.69) is 5.32 Å². The van der Waals surface area contributed by atoms with Crippen molar-refractivity contribution >= 4 is 23.6 Å². The third kappa shape index (κ3) is 5.78. The number of rotatable bonds is 8. The lowest BCUT2D eigenvalue weighted by atomic mass is 10.1. The standard InChI is InChI=1S/C28H23ClN4O2/c1-2-31-28(34)22(17-30)15-23-18-33(24-11-4-3-5-12-24)32-27(23)20-10-8-13-25(16-20)35-19-21-9-6-7-14-26(21)29/h3-16,18H,2,19H2,1H3,(H,31,34)/b22-15-. The van der Waals surface area contributed by atoms with Crippen molar-refractivity contribution < 1.29 is 9.53 Å². The molecule has 4 aromatic rings. The highest BCUT2D eigenvalue weighted by Gasteiger charge is 2.15. The summed E-state index contributed by atoms with van der Waals surface area (Å²) in [5.41, 5.74) is 3.80. The first-order valence-electron chi connectivity index (χ1n) is 11.1. The average molecular weight is 483 g/mol. The largest absolute Gasteiger partial charge is 0.489 e. The zero-order valence-corrected chi connectivity index (χ0v) is 19.9. The van der Waals surface area contributed by atoms with Crippen molar-refractivity contribution in [1.82, 2.24) is 15.1 Å². The van der Waals surface area contributed by atoms with E-state index in [9.17, 15) is 10.1 Å². The molecule has 4 rings (SSSR count). The van der Waals surface area contributed by atoms with Crippen LogP contribution < -0.4 is 10.1 Å². The van der Waals surface area contributed by atoms with Crippen LogP contribution in [-0.2, 0) is 11.4 Å². The predicted molar refractivity (Wildman–Crippen MR) is 137 cm³/mol. The molecule has 0 aliphatic rings. The van der Waals surface area contributed by atoms with Gasteiger partial charge in [-0.3, -0.25) is 4.79 Å². The number of hydrogen-bond donors (Lipinski definition) is 1. The number of likely N-dealkylation sites (N-methyl/N-ethyl adjacent to an activating group) is 1. The van der Waals surface area contributed by atoms with Gasteiger partial charge in [0.25, 0.3) is 5.91 Å². The summed E-state index contributed by atoms with van der Waals surface area (Å²) in [7, 11) is 0. The van der Waals surface area contributed by atoms with E-state index in [0.29, 0.717) is 35.2 Å². The van der Waals surface area contributed by atoms with Crippen LogP contribution in [0.25, 0.3) is 23.0 Å². The Morgan fingerprint density at radius 1 is 1.11 bits per heavy atom. The van der Waals surface area contributed by atoms with Crippen molar-refractivity contribution in [3.8, 4) is 28.8 Å². The number of para-hydroxylation sites is 1. The van der Waals surface area contributed by atoms with Crippen molar-refractivity contribution in [2.24, 2.45) is 0 Å². The van der Waals surface area contributed by atoms with E-state index in [4.69, 9.17) is 21.4 Å². The highest BCUT2D eigenvalue weighted by atomic mass is 35.5. The Balaban J connectivity index is 1.72. The van der Waals surface area contributed by atoms with Gasteiger partial charge in [-0.05, 0) is 43.3 Å². The van der Waals surface area contributed by atoms with Gasteiger partial charge in [0.05, 0.1) is 5.69 Å². The molecule has 1 aromatic heterocycles. The minimum absolute atomic E-state index is 0.00633. The fourth-order valence-corrected chi connectivity index (χ4v) is 3.69. The smallest absolute Gasteiger partial charge is 0.261 e. The quantitative estimate of drug-likeness (QED) is 0.253. The minimum Gasteiger partial charge on any atom is -0.489 e. The lowest BCUT2D eigenvalue weighted by Crippen LogP contribution is -2.23. The molecule has 3 aromatic carbocycles. The van der Waals surface area contributed by atoms with Crippen LogP contribution in [0.2, 0.25) is 5.02 Å². The number of hydrogen-bond acceptors (Lipinski definition) is 4. The Bertz CT molecular complexity index is 1400. The van der Waals surface area contributed by atoms with Gasteiger partial charge >= 0.3 is 0 Å². The number of halogens is 1. The molecule has 35 heavy (non-hydrogen) atoms. The van der Waals surface area contributed by atoms with Gasteiger partial charge in [0.2, 0.25) is 0 Å². The number of ether oxygens (including phenoxy) is 1. The van der Waals surface area contributed by atoms with E-state index >= 15 is 0 Å². The van der Waals surface area contributed by atoms with Gasteiger partial charge in [0.1, 0.15) is 29.7 Å². The summed E-state index contributed by atoms with van der Waals surface area (Å²) < 4.78 is 7.72. The van der Waals surface area contributed by atoms with E-state index in [-0.39, 0.29) is 5.57 Å². The maximum absolute atomic E-state index is 12.3. The maximum atomic E-state index is 12.3. The zero-order valence-electron chi connectivity index (χ0n) is 19.1. The number of benzene rings is 3. The Morgan fingerprint density at radius 2 is 1.89 bits per heavy atom. The molecule has 0 aliphatic heterocycles. The average Bonchev–Trinajstić information content (AvgIpc) is 3.31. The molecule has 0 atom stereocenters. The van der Waals surface area contributed by atoms with Gasteiger partial charge in [-0.15, -0.1) is 0 Å². The van der Waals surface area contributed by atoms with E-state index < -0.39 is 5.91 Å². The van der Waals surface area contributed by atoms with Crippen molar-refractivity contribution in [2.45, 2.75) is 13.5 Å². The van der Waals surface area contributed by atoms with Crippen LogP contribution in [0.4, 0.5) is 0 Å². The highest BCUT2D eigenvalue weighted by Crippen LogP contribution is 2.29. The molecule has 0 fully saturated rings. The van der Waals surface area contributed by atoms with E-state index in [1.165, 1.54) is 0 Å². The van der Waals surface area contributed by atoms with Gasteiger partial charge in [0.15, 0.2) is 0 Å². The molecular formula is C28H23ClN4O2. The normalized spacial score (nSPS) is 11.1. The van der Waals surface area contributed by atoms with E-state index in [0.717, 1.165) is 16.8 Å². The fraction of sp³-hybridized carbons (Fsp3) is 0.107. The molecule has 0 radical (unpaired) electrons. The van der Waals surface area contributed by atoms with E-state index in [1.54, 1.807) is 23.9 Å². The highest BCUT2D eigenvalue weighted by molar-refractivity contribution is 6.31. The molecule has 1 heterocycles. The molecule has 0 unspecified atom stereocenters. The van der Waals surface area contributed by atoms with Crippen LogP contribution in [0.5, 0.6) is 5.75 Å². The van der Waals surface area contributed by atoms with Crippen LogP contribution >= 0.6 is 11.6 Å². The van der Waals surface area contributed by atoms with Crippen molar-refractivity contribution in [3.63, 3.8) is 0 Å². The Kier molecular flexibility index (Phi) is 7.61. The Morgan fingerprint density at radius 3 is 2.63 bits per heavy atom. The topological polar surface area (TPSA) is 79.9 Å². The van der Waals surface area contributed by atoms with E-state index in [1.807, 2.05) is 84.9 Å². The number of aromatic nitrogens is 2. The maximum Gasteiger partial charge on any atom is 0.261 e. The molecular weight excluding hydrogens is 460 g/mol. The molecule has 0 spiro atoms. The van der Waals surface area contributed by atoms with Gasteiger partial charge in [0, 0.05) is 34.5 Å². The number of nitrogens with zero attached hydrogens (tertiary/aromatic N) is 3. The fourth-order valence-electron chi connectivity index (χ4n) is 3.50. The molecule has 0 saturated heterocycles. The SMILES string of the molecule is CCNC(=O)/C(C#N)=C\c1cn(-c2ccccc2)nc1-c1cccc(OCc2ccccc2Cl)c1. The van der Waals surface area contributed by atoms with Crippen LogP contribution in [0.3, 0.4) is 0 Å². The molecule has 0 bridgehead atoms. The molecule has 174 valence electrons. The van der Waals surface area contributed by atoms with Gasteiger partial charge in [-0.2, -0.15) is 10.4 Å². The second-order valence-corrected chi connectivity index (χ2v) is 8.06. The first kappa shape index (κ1) is 23.8. The van der Waals surface area contributed by atoms with Crippen LogP contribution in [0, 0.1) is 11.3 Å². The van der Waals surface area contributed by atoms with Crippen molar-refractivity contribution in [1.29, 1.82) is 5.26 Å². The number of carbonyl (C=O) groups is 1. The third-order valence-electron chi connectivity index (χ3n) is 5.23. The summed E-state index contributed by atoms with van der Waals surface area (Å²) in [6, 6.07) is 26.7. The summed E-state index contributed by atoms with van der Waals surface area (Å²) in [6.45, 7) is 2.56. The predicted octanol–water partition coefficient (Wildman–Crippen LogP) is 5.81. The minimum atomic E-state index is -0.426. The number of carbonyl (C=O) groups excluding carboxylic acids is 1. The van der Waals surface area contributed by atoms with Crippen molar-refractivity contribution in [2.75, 3.05) is 6.54 Å². The lowest BCUT2D eigenvalue weighted by Gasteiger charge is -2.09. The second-order valence-electron chi connectivity index (χ2n) is 7.65. The molecule has 1 amide bonds. The first-order valence-corrected chi connectivity index (χ1v) is 11.5. The molecule has 1 N–H and O–H groups in total. The van der Waals surface area contributed by atoms with Crippen molar-refractivity contribution in [3.05, 3.63) is 107 Å². The molecule has 6 nitrogen and oxygen atoms in total. The van der Waals surface area contributed by atoms with Gasteiger partial charge < -0.3 is 10.1 Å². The second kappa shape index (κ2) is 11.2. The summed E-state index contributed by atoms with van der Waals surface area (Å²) in [5, 5.41) is 17.7. The molecule has 0 saturated carbocycles. The third-order valence-corrected chi connectivity index (χ3v) is 5.59. The summed E-state index contributed by atoms with van der Waals surface area (Å²) in [4.78, 5) is 12.3. The zero-order chi connectivity index (χ0) is 24.6. The van der Waals surface area contributed by atoms with Crippen LogP contribution in [0.15, 0.2) is 90.6 Å². The molecule has 7 heteroatoms. The number of nitrogens with one attached hydrogen (secondary N) is 1. The van der Waals surface area contributed by atoms with Gasteiger partial charge in [-0.1, -0.05) is 60.1 Å². The van der Waals surface area contributed by atoms with Gasteiger partial charge in [-0.25, -0.2) is 4.68 Å². The number of amides is 1. The monoisotopic (exact) mass is 482 g/mol. The first-order chi connectivity index (χ1) is 17.1.